The summed E-state index contributed by atoms with van der Waals surface area (Å²) in [6, 6.07) is 10.8. The number of hydrogen-bond donors (Lipinski definition) is 1. The standard InChI is InChI=1S/C22H28N4O4.HI/c1-3-23-22(24-11-10-17-6-8-18(9-7-17)21(28)29-2)26-14-12-25(13-15-26)20(27)19-5-4-16-30-19;/h4-9,16H,3,10-15H2,1-2H3,(H,23,24);1H. The van der Waals surface area contributed by atoms with E-state index in [1.165, 1.54) is 13.4 Å². The summed E-state index contributed by atoms with van der Waals surface area (Å²) in [6.45, 7) is 6.12. The zero-order valence-corrected chi connectivity index (χ0v) is 20.2. The lowest BCUT2D eigenvalue weighted by molar-refractivity contribution is 0.0600. The molecule has 1 saturated heterocycles. The second-order valence-corrected chi connectivity index (χ2v) is 6.93. The van der Waals surface area contributed by atoms with Gasteiger partial charge in [-0.05, 0) is 43.2 Å². The number of nitrogens with one attached hydrogen (secondary N) is 1. The molecular formula is C22H29IN4O4. The Morgan fingerprint density at radius 3 is 2.35 bits per heavy atom. The number of furan rings is 1. The molecule has 0 spiro atoms. The van der Waals surface area contributed by atoms with Crippen molar-refractivity contribution in [3.05, 3.63) is 59.5 Å². The first-order valence-corrected chi connectivity index (χ1v) is 10.2. The first-order chi connectivity index (χ1) is 14.6. The van der Waals surface area contributed by atoms with Crippen LogP contribution in [-0.4, -0.2) is 74.0 Å². The first kappa shape index (κ1) is 24.7. The molecule has 8 nitrogen and oxygen atoms in total. The van der Waals surface area contributed by atoms with Crippen molar-refractivity contribution in [3.8, 4) is 0 Å². The van der Waals surface area contributed by atoms with E-state index >= 15 is 0 Å². The van der Waals surface area contributed by atoms with Crippen LogP contribution in [0, 0.1) is 0 Å². The van der Waals surface area contributed by atoms with Gasteiger partial charge in [-0.2, -0.15) is 0 Å². The highest BCUT2D eigenvalue weighted by Crippen LogP contribution is 2.10. The van der Waals surface area contributed by atoms with Gasteiger partial charge in [0.25, 0.3) is 5.91 Å². The molecule has 0 radical (unpaired) electrons. The van der Waals surface area contributed by atoms with Gasteiger partial charge in [-0.3, -0.25) is 9.79 Å². The third-order valence-electron chi connectivity index (χ3n) is 4.97. The molecule has 0 atom stereocenters. The van der Waals surface area contributed by atoms with E-state index in [0.29, 0.717) is 44.0 Å². The van der Waals surface area contributed by atoms with E-state index in [4.69, 9.17) is 14.1 Å². The highest BCUT2D eigenvalue weighted by atomic mass is 127. The van der Waals surface area contributed by atoms with Crippen molar-refractivity contribution < 1.29 is 18.7 Å². The molecule has 1 aliphatic rings. The predicted octanol–water partition coefficient (Wildman–Crippen LogP) is 2.65. The van der Waals surface area contributed by atoms with Crippen LogP contribution in [0.1, 0.15) is 33.4 Å². The zero-order chi connectivity index (χ0) is 21.3. The fourth-order valence-electron chi connectivity index (χ4n) is 3.32. The molecule has 2 heterocycles. The molecule has 1 aromatic carbocycles. The molecule has 0 unspecified atom stereocenters. The predicted molar refractivity (Wildman–Crippen MR) is 129 cm³/mol. The molecule has 168 valence electrons. The number of carbonyl (C=O) groups is 2. The molecule has 1 fully saturated rings. The molecule has 0 aliphatic carbocycles. The number of hydrogen-bond acceptors (Lipinski definition) is 5. The Balaban J connectivity index is 0.00000341. The summed E-state index contributed by atoms with van der Waals surface area (Å²) < 4.78 is 9.94. The monoisotopic (exact) mass is 540 g/mol. The van der Waals surface area contributed by atoms with Gasteiger partial charge >= 0.3 is 5.97 Å². The van der Waals surface area contributed by atoms with Crippen LogP contribution in [-0.2, 0) is 11.2 Å². The van der Waals surface area contributed by atoms with E-state index in [-0.39, 0.29) is 35.9 Å². The number of amides is 1. The van der Waals surface area contributed by atoms with Crippen LogP contribution in [0.15, 0.2) is 52.1 Å². The summed E-state index contributed by atoms with van der Waals surface area (Å²) >= 11 is 0. The Labute approximate surface area is 199 Å². The quantitative estimate of drug-likeness (QED) is 0.263. The maximum atomic E-state index is 12.4. The second kappa shape index (κ2) is 12.3. The largest absolute Gasteiger partial charge is 0.465 e. The summed E-state index contributed by atoms with van der Waals surface area (Å²) in [4.78, 5) is 32.7. The van der Waals surface area contributed by atoms with E-state index < -0.39 is 0 Å². The van der Waals surface area contributed by atoms with Gasteiger partial charge in [0, 0.05) is 39.3 Å². The molecule has 0 saturated carbocycles. The molecular weight excluding hydrogens is 511 g/mol. The van der Waals surface area contributed by atoms with Crippen molar-refractivity contribution in [1.29, 1.82) is 0 Å². The van der Waals surface area contributed by atoms with Crippen LogP contribution in [0.2, 0.25) is 0 Å². The van der Waals surface area contributed by atoms with E-state index in [0.717, 1.165) is 24.5 Å². The maximum Gasteiger partial charge on any atom is 0.337 e. The minimum atomic E-state index is -0.335. The number of benzene rings is 1. The Morgan fingerprint density at radius 1 is 1.10 bits per heavy atom. The third-order valence-corrected chi connectivity index (χ3v) is 4.97. The lowest BCUT2D eigenvalue weighted by atomic mass is 10.1. The average molecular weight is 540 g/mol. The minimum Gasteiger partial charge on any atom is -0.465 e. The Bertz CT molecular complexity index is 860. The van der Waals surface area contributed by atoms with E-state index in [9.17, 15) is 9.59 Å². The lowest BCUT2D eigenvalue weighted by Gasteiger charge is -2.36. The number of carbonyl (C=O) groups excluding carboxylic acids is 2. The van der Waals surface area contributed by atoms with Crippen molar-refractivity contribution in [1.82, 2.24) is 15.1 Å². The summed E-state index contributed by atoms with van der Waals surface area (Å²) in [6.07, 6.45) is 2.29. The zero-order valence-electron chi connectivity index (χ0n) is 17.9. The molecule has 31 heavy (non-hydrogen) atoms. The fourth-order valence-corrected chi connectivity index (χ4v) is 3.32. The number of halogens is 1. The first-order valence-electron chi connectivity index (χ1n) is 10.2. The molecule has 1 aromatic heterocycles. The topological polar surface area (TPSA) is 87.4 Å². The Kier molecular flexibility index (Phi) is 9.83. The van der Waals surface area contributed by atoms with Crippen LogP contribution in [0.5, 0.6) is 0 Å². The number of nitrogens with zero attached hydrogens (tertiary/aromatic N) is 3. The number of esters is 1. The van der Waals surface area contributed by atoms with Crippen LogP contribution in [0.25, 0.3) is 0 Å². The van der Waals surface area contributed by atoms with Crippen LogP contribution in [0.3, 0.4) is 0 Å². The van der Waals surface area contributed by atoms with E-state index in [1.807, 2.05) is 24.0 Å². The number of guanidine groups is 1. The fraction of sp³-hybridized carbons (Fsp3) is 0.409. The number of piperazine rings is 1. The second-order valence-electron chi connectivity index (χ2n) is 6.93. The van der Waals surface area contributed by atoms with Crippen LogP contribution < -0.4 is 5.32 Å². The SMILES string of the molecule is CCNC(=NCCc1ccc(C(=O)OC)cc1)N1CCN(C(=O)c2ccco2)CC1.I. The highest BCUT2D eigenvalue weighted by molar-refractivity contribution is 14.0. The van der Waals surface area contributed by atoms with Crippen molar-refractivity contribution in [3.63, 3.8) is 0 Å². The van der Waals surface area contributed by atoms with Gasteiger partial charge in [-0.25, -0.2) is 4.79 Å². The van der Waals surface area contributed by atoms with Gasteiger partial charge < -0.3 is 24.3 Å². The molecule has 1 amide bonds. The van der Waals surface area contributed by atoms with Gasteiger partial charge in [-0.15, -0.1) is 24.0 Å². The lowest BCUT2D eigenvalue weighted by Crippen LogP contribution is -2.53. The van der Waals surface area contributed by atoms with Crippen molar-refractivity contribution >= 4 is 41.8 Å². The van der Waals surface area contributed by atoms with Crippen molar-refractivity contribution in [2.24, 2.45) is 4.99 Å². The summed E-state index contributed by atoms with van der Waals surface area (Å²) in [7, 11) is 1.37. The van der Waals surface area contributed by atoms with Crippen LogP contribution in [0.4, 0.5) is 0 Å². The minimum absolute atomic E-state index is 0. The smallest absolute Gasteiger partial charge is 0.337 e. The molecule has 3 rings (SSSR count). The van der Waals surface area contributed by atoms with Crippen LogP contribution >= 0.6 is 24.0 Å². The average Bonchev–Trinajstić information content (AvgIpc) is 3.33. The summed E-state index contributed by atoms with van der Waals surface area (Å²) in [5.41, 5.74) is 1.65. The van der Waals surface area contributed by atoms with Crippen molar-refractivity contribution in [2.75, 3.05) is 46.4 Å². The molecule has 1 N–H and O–H groups in total. The highest BCUT2D eigenvalue weighted by Gasteiger charge is 2.25. The maximum absolute atomic E-state index is 12.4. The number of aliphatic imine (C=N–C) groups is 1. The van der Waals surface area contributed by atoms with E-state index in [1.54, 1.807) is 24.3 Å². The number of rotatable bonds is 6. The molecule has 0 bridgehead atoms. The van der Waals surface area contributed by atoms with E-state index in [2.05, 4.69) is 10.2 Å². The number of ether oxygens (including phenoxy) is 1. The Hall–Kier alpha value is -2.56. The van der Waals surface area contributed by atoms with Crippen molar-refractivity contribution in [2.45, 2.75) is 13.3 Å². The van der Waals surface area contributed by atoms with Gasteiger partial charge in [0.2, 0.25) is 0 Å². The Morgan fingerprint density at radius 2 is 1.77 bits per heavy atom. The van der Waals surface area contributed by atoms with Gasteiger partial charge in [0.15, 0.2) is 11.7 Å². The van der Waals surface area contributed by atoms with Gasteiger partial charge in [-0.1, -0.05) is 12.1 Å². The third kappa shape index (κ3) is 6.71. The summed E-state index contributed by atoms with van der Waals surface area (Å²) in [5.74, 6) is 0.826. The molecule has 9 heteroatoms. The van der Waals surface area contributed by atoms with Gasteiger partial charge in [0.1, 0.15) is 0 Å². The normalized spacial score (nSPS) is 14.1. The summed E-state index contributed by atoms with van der Waals surface area (Å²) in [5, 5.41) is 3.33. The molecule has 1 aliphatic heterocycles. The number of methoxy groups -OCH3 is 1. The molecule has 2 aromatic rings. The van der Waals surface area contributed by atoms with Gasteiger partial charge in [0.05, 0.1) is 18.9 Å².